The summed E-state index contributed by atoms with van der Waals surface area (Å²) in [5, 5.41) is 5.49. The summed E-state index contributed by atoms with van der Waals surface area (Å²) in [7, 11) is 1.89. The van der Waals surface area contributed by atoms with E-state index < -0.39 is 0 Å². The van der Waals surface area contributed by atoms with Crippen molar-refractivity contribution in [3.05, 3.63) is 48.0 Å². The molecule has 0 aliphatic heterocycles. The number of ketones is 1. The molecule has 2 heterocycles. The number of rotatable bonds is 3. The minimum atomic E-state index is 0.136. The molecule has 5 heteroatoms. The van der Waals surface area contributed by atoms with E-state index in [0.717, 1.165) is 27.6 Å². The van der Waals surface area contributed by atoms with Crippen molar-refractivity contribution < 1.29 is 9.21 Å². The maximum atomic E-state index is 11.4. The van der Waals surface area contributed by atoms with Gasteiger partial charge >= 0.3 is 0 Å². The van der Waals surface area contributed by atoms with Gasteiger partial charge in [-0.2, -0.15) is 5.10 Å². The predicted octanol–water partition coefficient (Wildman–Crippen LogP) is 4.54. The van der Waals surface area contributed by atoms with Gasteiger partial charge in [-0.1, -0.05) is 32.0 Å². The molecule has 0 bridgehead atoms. The summed E-state index contributed by atoms with van der Waals surface area (Å²) in [5.74, 6) is 0.633. The van der Waals surface area contributed by atoms with Crippen LogP contribution in [0.5, 0.6) is 0 Å². The Morgan fingerprint density at radius 2 is 1.92 bits per heavy atom. The van der Waals surface area contributed by atoms with Crippen molar-refractivity contribution in [1.82, 2.24) is 14.8 Å². The van der Waals surface area contributed by atoms with E-state index in [1.54, 1.807) is 11.6 Å². The van der Waals surface area contributed by atoms with Crippen LogP contribution in [0.3, 0.4) is 0 Å². The molecule has 128 valence electrons. The topological polar surface area (TPSA) is 60.9 Å². The molecule has 0 amide bonds. The molecule has 0 saturated heterocycles. The number of oxazole rings is 1. The molecule has 4 rings (SSSR count). The number of benzene rings is 2. The Hall–Kier alpha value is -2.95. The molecule has 0 N–H and O–H groups in total. The average molecular weight is 335 g/mol. The Kier molecular flexibility index (Phi) is 4.65. The van der Waals surface area contributed by atoms with Crippen LogP contribution in [0.4, 0.5) is 0 Å². The minimum Gasteiger partial charge on any atom is -0.435 e. The zero-order valence-corrected chi connectivity index (χ0v) is 14.9. The standard InChI is InChI=1S/C18H15N3O2.C2H6/c1-11(22)9-12-7-8-15-13(10-12)17(20-21(15)2)18-19-14-5-3-4-6-16(14)23-18;1-2/h3-8,10H,9H2,1-2H3;1-2H3. The Labute approximate surface area is 146 Å². The first-order valence-electron chi connectivity index (χ1n) is 8.43. The van der Waals surface area contributed by atoms with Gasteiger partial charge in [0, 0.05) is 18.9 Å². The van der Waals surface area contributed by atoms with Crippen LogP contribution in [0.25, 0.3) is 33.6 Å². The number of hydrogen-bond acceptors (Lipinski definition) is 4. The third kappa shape index (κ3) is 3.18. The molecule has 0 atom stereocenters. The smallest absolute Gasteiger partial charge is 0.248 e. The molecule has 5 nitrogen and oxygen atoms in total. The molecule has 4 aromatic rings. The molecule has 0 radical (unpaired) electrons. The molecule has 0 aliphatic rings. The number of carbonyl (C=O) groups is 1. The van der Waals surface area contributed by atoms with Crippen LogP contribution in [0.15, 0.2) is 46.9 Å². The quantitative estimate of drug-likeness (QED) is 0.551. The highest BCUT2D eigenvalue weighted by atomic mass is 16.3. The third-order valence-corrected chi connectivity index (χ3v) is 3.86. The van der Waals surface area contributed by atoms with Crippen LogP contribution in [0.2, 0.25) is 0 Å². The number of para-hydroxylation sites is 2. The van der Waals surface area contributed by atoms with Crippen LogP contribution >= 0.6 is 0 Å². The van der Waals surface area contributed by atoms with E-state index in [-0.39, 0.29) is 5.78 Å². The molecule has 25 heavy (non-hydrogen) atoms. The summed E-state index contributed by atoms with van der Waals surface area (Å²) in [6.07, 6.45) is 0.415. The van der Waals surface area contributed by atoms with Crippen LogP contribution in [0, 0.1) is 0 Å². The van der Waals surface area contributed by atoms with Crippen molar-refractivity contribution >= 4 is 27.8 Å². The van der Waals surface area contributed by atoms with Crippen molar-refractivity contribution in [2.24, 2.45) is 7.05 Å². The number of aryl methyl sites for hydroxylation is 1. The van der Waals surface area contributed by atoms with Gasteiger partial charge in [0.05, 0.1) is 5.52 Å². The summed E-state index contributed by atoms with van der Waals surface area (Å²) in [5.41, 5.74) is 4.19. The summed E-state index contributed by atoms with van der Waals surface area (Å²) < 4.78 is 7.65. The molecular formula is C20H21N3O2. The van der Waals surface area contributed by atoms with E-state index in [1.807, 2.05) is 63.4 Å². The van der Waals surface area contributed by atoms with Gasteiger partial charge < -0.3 is 4.42 Å². The fourth-order valence-electron chi connectivity index (χ4n) is 2.84. The summed E-state index contributed by atoms with van der Waals surface area (Å²) in [4.78, 5) is 15.9. The first kappa shape index (κ1) is 16.9. The van der Waals surface area contributed by atoms with E-state index in [9.17, 15) is 4.79 Å². The highest BCUT2D eigenvalue weighted by molar-refractivity contribution is 5.93. The lowest BCUT2D eigenvalue weighted by molar-refractivity contribution is -0.116. The highest BCUT2D eigenvalue weighted by Gasteiger charge is 2.17. The molecule has 0 fully saturated rings. The Bertz CT molecular complexity index is 1010. The Balaban J connectivity index is 0.000000880. The summed E-state index contributed by atoms with van der Waals surface area (Å²) >= 11 is 0. The SMILES string of the molecule is CC.CC(=O)Cc1ccc2c(c1)c(-c1nc3ccccc3o1)nn2C. The maximum absolute atomic E-state index is 11.4. The lowest BCUT2D eigenvalue weighted by atomic mass is 10.1. The van der Waals surface area contributed by atoms with Gasteiger partial charge in [-0.15, -0.1) is 0 Å². The highest BCUT2D eigenvalue weighted by Crippen LogP contribution is 2.30. The molecule has 0 aliphatic carbocycles. The monoisotopic (exact) mass is 335 g/mol. The summed E-state index contributed by atoms with van der Waals surface area (Å²) in [6, 6.07) is 13.6. The Morgan fingerprint density at radius 1 is 1.16 bits per heavy atom. The molecule has 0 saturated carbocycles. The van der Waals surface area contributed by atoms with E-state index >= 15 is 0 Å². The average Bonchev–Trinajstić information content (AvgIpc) is 3.17. The van der Waals surface area contributed by atoms with Gasteiger partial charge in [-0.25, -0.2) is 4.98 Å². The molecule has 2 aromatic carbocycles. The van der Waals surface area contributed by atoms with E-state index in [2.05, 4.69) is 10.1 Å². The predicted molar refractivity (Wildman–Crippen MR) is 99.5 cm³/mol. The zero-order valence-electron chi connectivity index (χ0n) is 14.9. The second kappa shape index (κ2) is 6.89. The fourth-order valence-corrected chi connectivity index (χ4v) is 2.84. The number of hydrogen-bond donors (Lipinski definition) is 0. The first-order chi connectivity index (χ1) is 12.1. The van der Waals surface area contributed by atoms with E-state index in [0.29, 0.717) is 18.0 Å². The van der Waals surface area contributed by atoms with Crippen molar-refractivity contribution in [2.75, 3.05) is 0 Å². The summed E-state index contributed by atoms with van der Waals surface area (Å²) in [6.45, 7) is 5.59. The minimum absolute atomic E-state index is 0.136. The molecule has 2 aromatic heterocycles. The lowest BCUT2D eigenvalue weighted by Crippen LogP contribution is -1.96. The van der Waals surface area contributed by atoms with Gasteiger partial charge in [0.2, 0.25) is 5.89 Å². The molecular weight excluding hydrogens is 314 g/mol. The number of carbonyl (C=O) groups excluding carboxylic acids is 1. The number of nitrogens with zero attached hydrogens (tertiary/aromatic N) is 3. The second-order valence-corrected chi connectivity index (χ2v) is 5.69. The fraction of sp³-hybridized carbons (Fsp3) is 0.250. The zero-order chi connectivity index (χ0) is 18.0. The first-order valence-corrected chi connectivity index (χ1v) is 8.43. The lowest BCUT2D eigenvalue weighted by Gasteiger charge is -1.99. The van der Waals surface area contributed by atoms with Gasteiger partial charge in [-0.3, -0.25) is 9.48 Å². The van der Waals surface area contributed by atoms with Gasteiger partial charge in [0.15, 0.2) is 11.3 Å². The normalized spacial score (nSPS) is 10.7. The maximum Gasteiger partial charge on any atom is 0.248 e. The van der Waals surface area contributed by atoms with Crippen molar-refractivity contribution in [1.29, 1.82) is 0 Å². The van der Waals surface area contributed by atoms with Crippen molar-refractivity contribution in [2.45, 2.75) is 27.2 Å². The second-order valence-electron chi connectivity index (χ2n) is 5.69. The van der Waals surface area contributed by atoms with Crippen LogP contribution in [-0.2, 0) is 18.3 Å². The van der Waals surface area contributed by atoms with Crippen LogP contribution < -0.4 is 0 Å². The van der Waals surface area contributed by atoms with Gasteiger partial charge in [0.25, 0.3) is 0 Å². The van der Waals surface area contributed by atoms with E-state index in [1.165, 1.54) is 0 Å². The molecule has 0 unspecified atom stereocenters. The van der Waals surface area contributed by atoms with Gasteiger partial charge in [-0.05, 0) is 36.8 Å². The number of Topliss-reactive ketones (excluding diaryl/α,β-unsaturated/α-hetero) is 1. The van der Waals surface area contributed by atoms with Crippen LogP contribution in [-0.4, -0.2) is 20.5 Å². The number of aromatic nitrogens is 3. The van der Waals surface area contributed by atoms with Gasteiger partial charge in [0.1, 0.15) is 11.3 Å². The molecule has 0 spiro atoms. The largest absolute Gasteiger partial charge is 0.435 e. The third-order valence-electron chi connectivity index (χ3n) is 3.86. The van der Waals surface area contributed by atoms with Crippen LogP contribution in [0.1, 0.15) is 26.3 Å². The Morgan fingerprint density at radius 3 is 2.64 bits per heavy atom. The van der Waals surface area contributed by atoms with Crippen molar-refractivity contribution in [3.63, 3.8) is 0 Å². The van der Waals surface area contributed by atoms with E-state index in [4.69, 9.17) is 4.42 Å². The van der Waals surface area contributed by atoms with Crippen molar-refractivity contribution in [3.8, 4) is 11.6 Å². The number of fused-ring (bicyclic) bond motifs is 2.